The Bertz CT molecular complexity index is 527. The van der Waals surface area contributed by atoms with Gasteiger partial charge in [-0.1, -0.05) is 0 Å². The molecule has 1 aliphatic heterocycles. The second-order valence-corrected chi connectivity index (χ2v) is 8.35. The van der Waals surface area contributed by atoms with Crippen LogP contribution in [-0.4, -0.2) is 66.1 Å². The first-order valence-electron chi connectivity index (χ1n) is 5.20. The van der Waals surface area contributed by atoms with Crippen LogP contribution in [0.2, 0.25) is 0 Å². The second kappa shape index (κ2) is 7.01. The fourth-order valence-corrected chi connectivity index (χ4v) is 4.37. The van der Waals surface area contributed by atoms with Gasteiger partial charge in [0, 0.05) is 0 Å². The Morgan fingerprint density at radius 2 is 1.41 bits per heavy atom. The molecule has 1 fully saturated rings. The summed E-state index contributed by atoms with van der Waals surface area (Å²) in [6, 6.07) is 0. The number of phosphoric acid groups is 3. The van der Waals surface area contributed by atoms with Gasteiger partial charge in [0.2, 0.25) is 0 Å². The molecule has 6 atom stereocenters. The molecule has 0 aromatic heterocycles. The SMILES string of the molecule is O=P(O)(O)OP(=O)(O)OP(=O)(O)OCC1OC(O)C(O)C1O. The van der Waals surface area contributed by atoms with Crippen molar-refractivity contribution in [1.29, 1.82) is 0 Å². The van der Waals surface area contributed by atoms with Crippen LogP contribution >= 0.6 is 23.5 Å². The number of ether oxygens (including phenoxy) is 1. The molecule has 17 heteroatoms. The predicted molar refractivity (Wildman–Crippen MR) is 62.7 cm³/mol. The molecular weight excluding hydrogens is 377 g/mol. The molecule has 1 aliphatic rings. The third-order valence-electron chi connectivity index (χ3n) is 2.16. The Morgan fingerprint density at radius 1 is 0.864 bits per heavy atom. The highest BCUT2D eigenvalue weighted by Crippen LogP contribution is 2.66. The van der Waals surface area contributed by atoms with Gasteiger partial charge in [-0.3, -0.25) is 4.52 Å². The van der Waals surface area contributed by atoms with E-state index in [1.54, 1.807) is 0 Å². The maximum absolute atomic E-state index is 11.3. The summed E-state index contributed by atoms with van der Waals surface area (Å²) in [7, 11) is -16.5. The molecule has 0 aromatic rings. The number of phosphoric ester groups is 1. The number of rotatable bonds is 7. The Hall–Kier alpha value is 0.250. The van der Waals surface area contributed by atoms with Crippen LogP contribution in [0.4, 0.5) is 0 Å². The average molecular weight is 390 g/mol. The van der Waals surface area contributed by atoms with Crippen molar-refractivity contribution in [2.75, 3.05) is 6.61 Å². The normalized spacial score (nSPS) is 35.0. The molecule has 7 N–H and O–H groups in total. The summed E-state index contributed by atoms with van der Waals surface area (Å²) < 4.78 is 48.3. The largest absolute Gasteiger partial charge is 0.490 e. The van der Waals surface area contributed by atoms with Crippen molar-refractivity contribution in [2.45, 2.75) is 24.6 Å². The molecule has 1 saturated heterocycles. The van der Waals surface area contributed by atoms with Gasteiger partial charge in [0.15, 0.2) is 6.29 Å². The summed E-state index contributed by atoms with van der Waals surface area (Å²) in [5.41, 5.74) is 0. The standard InChI is InChI=1S/C5H13O14P3/c6-3-2(17-5(8)4(3)7)1-16-21(12,13)19-22(14,15)18-20(9,10)11/h2-8H,1H2,(H,12,13)(H,14,15)(H2,9,10,11). The van der Waals surface area contributed by atoms with E-state index in [1.165, 1.54) is 0 Å². The molecular formula is C5H13O14P3. The summed E-state index contributed by atoms with van der Waals surface area (Å²) in [6.45, 7) is -0.973. The lowest BCUT2D eigenvalue weighted by Crippen LogP contribution is -2.34. The molecule has 14 nitrogen and oxygen atoms in total. The van der Waals surface area contributed by atoms with Gasteiger partial charge in [0.25, 0.3) is 0 Å². The summed E-state index contributed by atoms with van der Waals surface area (Å²) in [5.74, 6) is 0. The topological polar surface area (TPSA) is 230 Å². The molecule has 0 bridgehead atoms. The van der Waals surface area contributed by atoms with E-state index in [4.69, 9.17) is 29.8 Å². The summed E-state index contributed by atoms with van der Waals surface area (Å²) >= 11 is 0. The third-order valence-corrected chi connectivity index (χ3v) is 5.96. The van der Waals surface area contributed by atoms with Gasteiger partial charge in [0.05, 0.1) is 6.61 Å². The van der Waals surface area contributed by atoms with Crippen LogP contribution in [0.5, 0.6) is 0 Å². The molecule has 132 valence electrons. The number of aliphatic hydroxyl groups excluding tert-OH is 3. The monoisotopic (exact) mass is 390 g/mol. The van der Waals surface area contributed by atoms with Crippen molar-refractivity contribution >= 4 is 23.5 Å². The average Bonchev–Trinajstić information content (AvgIpc) is 2.49. The van der Waals surface area contributed by atoms with Crippen molar-refractivity contribution in [1.82, 2.24) is 0 Å². The fourth-order valence-electron chi connectivity index (χ4n) is 1.34. The highest BCUT2D eigenvalue weighted by atomic mass is 31.3. The fraction of sp³-hybridized carbons (Fsp3) is 1.00. The van der Waals surface area contributed by atoms with Gasteiger partial charge >= 0.3 is 23.5 Å². The Labute approximate surface area is 122 Å². The first kappa shape index (κ1) is 20.3. The summed E-state index contributed by atoms with van der Waals surface area (Å²) in [6.07, 6.45) is -6.67. The molecule has 0 aliphatic carbocycles. The molecule has 0 spiro atoms. The molecule has 22 heavy (non-hydrogen) atoms. The zero-order valence-electron chi connectivity index (χ0n) is 10.3. The predicted octanol–water partition coefficient (Wildman–Crippen LogP) is -2.23. The van der Waals surface area contributed by atoms with Gasteiger partial charge in [0.1, 0.15) is 18.3 Å². The van der Waals surface area contributed by atoms with Gasteiger partial charge in [-0.25, -0.2) is 13.7 Å². The zero-order valence-corrected chi connectivity index (χ0v) is 13.0. The van der Waals surface area contributed by atoms with Crippen molar-refractivity contribution in [3.05, 3.63) is 0 Å². The van der Waals surface area contributed by atoms with Crippen LogP contribution < -0.4 is 0 Å². The molecule has 0 amide bonds. The van der Waals surface area contributed by atoms with E-state index in [-0.39, 0.29) is 0 Å². The molecule has 0 aromatic carbocycles. The van der Waals surface area contributed by atoms with Crippen molar-refractivity contribution in [3.63, 3.8) is 0 Å². The lowest BCUT2D eigenvalue weighted by molar-refractivity contribution is -0.132. The maximum Gasteiger partial charge on any atom is 0.490 e. The van der Waals surface area contributed by atoms with Crippen LogP contribution in [-0.2, 0) is 31.6 Å². The van der Waals surface area contributed by atoms with Crippen molar-refractivity contribution < 1.29 is 66.5 Å². The lowest BCUT2D eigenvalue weighted by atomic mass is 10.1. The quantitative estimate of drug-likeness (QED) is 0.228. The Balaban J connectivity index is 2.60. The highest BCUT2D eigenvalue weighted by Gasteiger charge is 2.45. The molecule has 1 heterocycles. The zero-order chi connectivity index (χ0) is 17.3. The van der Waals surface area contributed by atoms with Crippen molar-refractivity contribution in [3.8, 4) is 0 Å². The minimum Gasteiger partial charge on any atom is -0.387 e. The maximum atomic E-state index is 11.3. The van der Waals surface area contributed by atoms with Crippen LogP contribution in [0.1, 0.15) is 0 Å². The van der Waals surface area contributed by atoms with E-state index in [2.05, 4.69) is 17.9 Å². The minimum atomic E-state index is -5.64. The third kappa shape index (κ3) is 6.40. The Morgan fingerprint density at radius 3 is 1.82 bits per heavy atom. The van der Waals surface area contributed by atoms with Gasteiger partial charge in [-0.2, -0.15) is 8.62 Å². The first-order chi connectivity index (χ1) is 9.72. The van der Waals surface area contributed by atoms with Crippen LogP contribution in [0.25, 0.3) is 0 Å². The number of hydrogen-bond donors (Lipinski definition) is 7. The van der Waals surface area contributed by atoms with E-state index in [0.29, 0.717) is 0 Å². The number of aliphatic hydroxyl groups is 3. The van der Waals surface area contributed by atoms with E-state index in [9.17, 15) is 18.8 Å². The first-order valence-corrected chi connectivity index (χ1v) is 9.72. The smallest absolute Gasteiger partial charge is 0.387 e. The van der Waals surface area contributed by atoms with E-state index >= 15 is 0 Å². The number of hydrogen-bond acceptors (Lipinski definition) is 10. The van der Waals surface area contributed by atoms with Gasteiger partial charge in [-0.05, 0) is 0 Å². The summed E-state index contributed by atoms with van der Waals surface area (Å²) in [4.78, 5) is 34.6. The minimum absolute atomic E-state index is 0.973. The molecule has 1 rings (SSSR count). The molecule has 0 radical (unpaired) electrons. The second-order valence-electron chi connectivity index (χ2n) is 3.93. The van der Waals surface area contributed by atoms with Crippen LogP contribution in [0.3, 0.4) is 0 Å². The van der Waals surface area contributed by atoms with E-state index in [1.807, 2.05) is 0 Å². The van der Waals surface area contributed by atoms with Gasteiger partial charge < -0.3 is 39.6 Å². The van der Waals surface area contributed by atoms with E-state index in [0.717, 1.165) is 0 Å². The lowest BCUT2D eigenvalue weighted by Gasteiger charge is -2.18. The van der Waals surface area contributed by atoms with Crippen molar-refractivity contribution in [2.24, 2.45) is 0 Å². The molecule has 0 saturated carbocycles. The summed E-state index contributed by atoms with van der Waals surface area (Å²) in [5, 5.41) is 27.5. The highest BCUT2D eigenvalue weighted by molar-refractivity contribution is 7.66. The Kier molecular flexibility index (Phi) is 6.47. The van der Waals surface area contributed by atoms with Crippen LogP contribution in [0, 0.1) is 0 Å². The van der Waals surface area contributed by atoms with Gasteiger partial charge in [-0.15, -0.1) is 0 Å². The van der Waals surface area contributed by atoms with E-state index < -0.39 is 54.7 Å². The molecule has 6 unspecified atom stereocenters. The van der Waals surface area contributed by atoms with Crippen LogP contribution in [0.15, 0.2) is 0 Å².